The van der Waals surface area contributed by atoms with E-state index < -0.39 is 0 Å². The fourth-order valence-electron chi connectivity index (χ4n) is 2.18. The molecule has 0 unspecified atom stereocenters. The molecular weight excluding hydrogens is 204 g/mol. The summed E-state index contributed by atoms with van der Waals surface area (Å²) in [6.07, 6.45) is 7.22. The number of hydrogen-bond acceptors (Lipinski definition) is 2. The number of pyridine rings is 1. The number of nitrogens with zero attached hydrogens (tertiary/aromatic N) is 2. The second-order valence-corrected chi connectivity index (χ2v) is 4.48. The molecule has 4 nitrogen and oxygen atoms in total. The van der Waals surface area contributed by atoms with Gasteiger partial charge in [0.25, 0.3) is 0 Å². The van der Waals surface area contributed by atoms with Crippen molar-refractivity contribution >= 4 is 0 Å². The third-order valence-corrected chi connectivity index (χ3v) is 3.29. The van der Waals surface area contributed by atoms with E-state index in [0.29, 0.717) is 19.0 Å². The van der Waals surface area contributed by atoms with Gasteiger partial charge in [0.05, 0.1) is 0 Å². The Balaban J connectivity index is 1.79. The van der Waals surface area contributed by atoms with Crippen LogP contribution in [0.5, 0.6) is 0 Å². The SMILES string of the molecule is O=[N+]1CCC(CCc2cc[n+]([O-])cc2)CC1. The molecule has 0 radical (unpaired) electrons. The van der Waals surface area contributed by atoms with Gasteiger partial charge in [0, 0.05) is 29.9 Å². The Hall–Kier alpha value is -1.45. The van der Waals surface area contributed by atoms with Gasteiger partial charge in [-0.05, 0) is 29.1 Å². The molecule has 0 amide bonds. The molecule has 0 spiro atoms. The van der Waals surface area contributed by atoms with Gasteiger partial charge in [-0.2, -0.15) is 4.73 Å². The quantitative estimate of drug-likeness (QED) is 0.572. The maximum Gasteiger partial charge on any atom is 0.192 e. The summed E-state index contributed by atoms with van der Waals surface area (Å²) in [7, 11) is 0. The number of hydrogen-bond donors (Lipinski definition) is 0. The Morgan fingerprint density at radius 2 is 1.88 bits per heavy atom. The van der Waals surface area contributed by atoms with E-state index in [0.717, 1.165) is 35.2 Å². The minimum atomic E-state index is 0.671. The first-order valence-corrected chi connectivity index (χ1v) is 5.84. The Labute approximate surface area is 95.1 Å². The molecule has 1 aliphatic rings. The molecule has 0 aliphatic carbocycles. The Morgan fingerprint density at radius 1 is 1.25 bits per heavy atom. The molecule has 86 valence electrons. The zero-order valence-electron chi connectivity index (χ0n) is 9.34. The normalized spacial score (nSPS) is 17.6. The average Bonchev–Trinajstić information content (AvgIpc) is 2.30. The highest BCUT2D eigenvalue weighted by molar-refractivity contribution is 5.07. The smallest absolute Gasteiger partial charge is 0.192 e. The molecule has 1 fully saturated rings. The number of aromatic nitrogens is 1. The maximum atomic E-state index is 11.0. The lowest BCUT2D eigenvalue weighted by molar-refractivity contribution is -0.605. The van der Waals surface area contributed by atoms with E-state index in [1.54, 1.807) is 0 Å². The van der Waals surface area contributed by atoms with Gasteiger partial charge in [0.2, 0.25) is 0 Å². The second kappa shape index (κ2) is 5.05. The Bertz CT molecular complexity index is 352. The van der Waals surface area contributed by atoms with Crippen molar-refractivity contribution in [2.75, 3.05) is 13.1 Å². The molecule has 1 aliphatic heterocycles. The van der Waals surface area contributed by atoms with Gasteiger partial charge in [0.1, 0.15) is 0 Å². The Kier molecular flexibility index (Phi) is 3.49. The van der Waals surface area contributed by atoms with Crippen molar-refractivity contribution in [2.24, 2.45) is 5.92 Å². The molecule has 1 aromatic heterocycles. The molecule has 16 heavy (non-hydrogen) atoms. The lowest BCUT2D eigenvalue weighted by Gasteiger charge is -2.16. The second-order valence-electron chi connectivity index (χ2n) is 4.48. The highest BCUT2D eigenvalue weighted by Crippen LogP contribution is 2.20. The molecule has 4 heteroatoms. The zero-order valence-corrected chi connectivity index (χ0v) is 9.34. The van der Waals surface area contributed by atoms with Crippen LogP contribution in [-0.4, -0.2) is 17.8 Å². The summed E-state index contributed by atoms with van der Waals surface area (Å²) in [6.45, 7) is 1.36. The summed E-state index contributed by atoms with van der Waals surface area (Å²) in [4.78, 5) is 11.0. The molecule has 0 bridgehead atoms. The molecule has 0 saturated carbocycles. The van der Waals surface area contributed by atoms with Crippen molar-refractivity contribution in [1.29, 1.82) is 0 Å². The van der Waals surface area contributed by atoms with Crippen molar-refractivity contribution in [3.63, 3.8) is 0 Å². The number of nitroso groups, excluding NO2 is 1. The van der Waals surface area contributed by atoms with Gasteiger partial charge >= 0.3 is 0 Å². The molecule has 2 rings (SSSR count). The van der Waals surface area contributed by atoms with E-state index in [4.69, 9.17) is 0 Å². The van der Waals surface area contributed by atoms with E-state index in [1.165, 1.54) is 18.0 Å². The van der Waals surface area contributed by atoms with Gasteiger partial charge in [-0.1, -0.05) is 0 Å². The van der Waals surface area contributed by atoms with Crippen LogP contribution >= 0.6 is 0 Å². The molecule has 2 heterocycles. The third-order valence-electron chi connectivity index (χ3n) is 3.29. The molecule has 1 aromatic rings. The van der Waals surface area contributed by atoms with Gasteiger partial charge in [-0.3, -0.25) is 0 Å². The minimum absolute atomic E-state index is 0.671. The summed E-state index contributed by atoms with van der Waals surface area (Å²) in [5.74, 6) is 0.671. The van der Waals surface area contributed by atoms with E-state index in [1.807, 2.05) is 12.1 Å². The number of piperidine rings is 1. The standard InChI is InChI=1S/C12H17N2O2/c15-13-7-3-11(4-8-13)1-2-12-5-9-14(16)10-6-12/h3-4,7-8,12H,1-2,5-6,9-10H2/q+1. The van der Waals surface area contributed by atoms with E-state index in [-0.39, 0.29) is 0 Å². The first-order chi connectivity index (χ1) is 7.74. The van der Waals surface area contributed by atoms with E-state index in [2.05, 4.69) is 0 Å². The monoisotopic (exact) mass is 221 g/mol. The first-order valence-electron chi connectivity index (χ1n) is 5.84. The summed E-state index contributed by atoms with van der Waals surface area (Å²) in [5.41, 5.74) is 1.21. The van der Waals surface area contributed by atoms with Crippen LogP contribution in [0.3, 0.4) is 0 Å². The lowest BCUT2D eigenvalue weighted by atomic mass is 9.91. The number of aryl methyl sites for hydroxylation is 1. The summed E-state index contributed by atoms with van der Waals surface area (Å²) in [5, 5.41) is 10.8. The van der Waals surface area contributed by atoms with Crippen molar-refractivity contribution < 1.29 is 9.49 Å². The fourth-order valence-corrected chi connectivity index (χ4v) is 2.18. The van der Waals surface area contributed by atoms with Crippen molar-refractivity contribution in [1.82, 2.24) is 0 Å². The van der Waals surface area contributed by atoms with Crippen molar-refractivity contribution in [2.45, 2.75) is 25.7 Å². The van der Waals surface area contributed by atoms with Crippen LogP contribution in [0.1, 0.15) is 24.8 Å². The predicted octanol–water partition coefficient (Wildman–Crippen LogP) is 1.44. The van der Waals surface area contributed by atoms with Crippen LogP contribution in [0, 0.1) is 16.0 Å². The largest absolute Gasteiger partial charge is 0.619 e. The van der Waals surface area contributed by atoms with Crippen molar-refractivity contribution in [3.05, 3.63) is 40.2 Å². The van der Waals surface area contributed by atoms with Gasteiger partial charge in [-0.15, -0.1) is 0 Å². The average molecular weight is 221 g/mol. The molecule has 1 saturated heterocycles. The first kappa shape index (κ1) is 11.0. The van der Waals surface area contributed by atoms with Crippen LogP contribution < -0.4 is 4.73 Å². The zero-order chi connectivity index (χ0) is 11.4. The lowest BCUT2D eigenvalue weighted by Crippen LogP contribution is -2.25. The van der Waals surface area contributed by atoms with Crippen LogP contribution in [0.25, 0.3) is 0 Å². The number of rotatable bonds is 3. The summed E-state index contributed by atoms with van der Waals surface area (Å²) in [6, 6.07) is 3.74. The predicted molar refractivity (Wildman–Crippen MR) is 59.8 cm³/mol. The van der Waals surface area contributed by atoms with Gasteiger partial charge in [0.15, 0.2) is 25.5 Å². The van der Waals surface area contributed by atoms with Crippen LogP contribution in [0.15, 0.2) is 24.5 Å². The highest BCUT2D eigenvalue weighted by Gasteiger charge is 2.22. The summed E-state index contributed by atoms with van der Waals surface area (Å²) >= 11 is 0. The fraction of sp³-hybridized carbons (Fsp3) is 0.583. The Morgan fingerprint density at radius 3 is 2.50 bits per heavy atom. The third kappa shape index (κ3) is 3.02. The van der Waals surface area contributed by atoms with Crippen LogP contribution in [0.2, 0.25) is 0 Å². The van der Waals surface area contributed by atoms with Crippen LogP contribution in [-0.2, 0) is 6.42 Å². The molecule has 0 N–H and O–H groups in total. The van der Waals surface area contributed by atoms with Gasteiger partial charge in [-0.25, -0.2) is 0 Å². The molecule has 0 atom stereocenters. The van der Waals surface area contributed by atoms with Gasteiger partial charge < -0.3 is 5.21 Å². The van der Waals surface area contributed by atoms with Crippen molar-refractivity contribution in [3.8, 4) is 0 Å². The minimum Gasteiger partial charge on any atom is -0.619 e. The maximum absolute atomic E-state index is 11.0. The summed E-state index contributed by atoms with van der Waals surface area (Å²) < 4.78 is 1.96. The highest BCUT2D eigenvalue weighted by atomic mass is 16.5. The topological polar surface area (TPSA) is 47.0 Å². The van der Waals surface area contributed by atoms with E-state index >= 15 is 0 Å². The van der Waals surface area contributed by atoms with Crippen LogP contribution in [0.4, 0.5) is 0 Å². The molecule has 0 aromatic carbocycles. The molecular formula is C12H17N2O2+. The van der Waals surface area contributed by atoms with E-state index in [9.17, 15) is 10.1 Å².